The van der Waals surface area contributed by atoms with Crippen molar-refractivity contribution in [3.05, 3.63) is 21.4 Å². The lowest BCUT2D eigenvalue weighted by Crippen LogP contribution is -2.03. The van der Waals surface area contributed by atoms with E-state index in [2.05, 4.69) is 4.74 Å². The van der Waals surface area contributed by atoms with Crippen LogP contribution in [0.5, 0.6) is 0 Å². The summed E-state index contributed by atoms with van der Waals surface area (Å²) < 4.78 is 4.48. The molecule has 4 nitrogen and oxygen atoms in total. The lowest BCUT2D eigenvalue weighted by atomic mass is 10.2. The molecule has 0 aromatic carbocycles. The third kappa shape index (κ3) is 1.70. The first kappa shape index (κ1) is 9.73. The third-order valence-corrected chi connectivity index (χ3v) is 2.71. The van der Waals surface area contributed by atoms with Crippen molar-refractivity contribution in [1.82, 2.24) is 0 Å². The van der Waals surface area contributed by atoms with Gasteiger partial charge in [-0.05, 0) is 12.5 Å². The summed E-state index contributed by atoms with van der Waals surface area (Å²) in [4.78, 5) is 21.8. The van der Waals surface area contributed by atoms with Crippen LogP contribution in [0.4, 0.5) is 0 Å². The van der Waals surface area contributed by atoms with E-state index in [1.165, 1.54) is 12.5 Å². The predicted octanol–water partition coefficient (Wildman–Crippen LogP) is 1.54. The molecule has 1 aromatic heterocycles. The highest BCUT2D eigenvalue weighted by atomic mass is 32.1. The molecule has 0 saturated carbocycles. The Morgan fingerprint density at radius 1 is 1.54 bits per heavy atom. The summed E-state index contributed by atoms with van der Waals surface area (Å²) in [7, 11) is 1.26. The van der Waals surface area contributed by atoms with E-state index >= 15 is 0 Å². The van der Waals surface area contributed by atoms with Crippen molar-refractivity contribution < 1.29 is 19.4 Å². The zero-order valence-electron chi connectivity index (χ0n) is 7.16. The number of hydrogen-bond donors (Lipinski definition) is 1. The first-order valence-corrected chi connectivity index (χ1v) is 4.35. The number of carbonyl (C=O) groups excluding carboxylic acids is 1. The molecule has 1 aromatic rings. The number of methoxy groups -OCH3 is 1. The average molecular weight is 200 g/mol. The molecule has 1 heterocycles. The number of esters is 1. The van der Waals surface area contributed by atoms with Gasteiger partial charge in [0.1, 0.15) is 4.88 Å². The maximum Gasteiger partial charge on any atom is 0.346 e. The standard InChI is InChI=1S/C8H8O4S/c1-4-5(8(11)12-2)3-13-6(4)7(9)10/h3H,1-2H3,(H,9,10). The van der Waals surface area contributed by atoms with Crippen LogP contribution in [0.1, 0.15) is 25.6 Å². The molecule has 0 radical (unpaired) electrons. The molecule has 0 amide bonds. The predicted molar refractivity (Wildman–Crippen MR) is 47.4 cm³/mol. The van der Waals surface area contributed by atoms with Gasteiger partial charge in [-0.1, -0.05) is 0 Å². The fourth-order valence-corrected chi connectivity index (χ4v) is 1.84. The third-order valence-electron chi connectivity index (χ3n) is 1.64. The summed E-state index contributed by atoms with van der Waals surface area (Å²) in [6, 6.07) is 0. The first-order chi connectivity index (χ1) is 6.07. The van der Waals surface area contributed by atoms with Crippen molar-refractivity contribution in [2.24, 2.45) is 0 Å². The van der Waals surface area contributed by atoms with Crippen molar-refractivity contribution in [2.75, 3.05) is 7.11 Å². The van der Waals surface area contributed by atoms with Gasteiger partial charge in [0.15, 0.2) is 0 Å². The fourth-order valence-electron chi connectivity index (χ4n) is 0.939. The number of rotatable bonds is 2. The minimum Gasteiger partial charge on any atom is -0.477 e. The Labute approximate surface area is 78.8 Å². The van der Waals surface area contributed by atoms with Crippen LogP contribution in [0.3, 0.4) is 0 Å². The van der Waals surface area contributed by atoms with Crippen LogP contribution in [0.15, 0.2) is 5.38 Å². The number of carboxylic acids is 1. The normalized spacial score (nSPS) is 9.69. The second kappa shape index (κ2) is 3.57. The smallest absolute Gasteiger partial charge is 0.346 e. The first-order valence-electron chi connectivity index (χ1n) is 3.47. The molecule has 13 heavy (non-hydrogen) atoms. The molecule has 1 N–H and O–H groups in total. The molecule has 0 spiro atoms. The van der Waals surface area contributed by atoms with Gasteiger partial charge in [0, 0.05) is 5.38 Å². The zero-order valence-corrected chi connectivity index (χ0v) is 7.97. The van der Waals surface area contributed by atoms with Gasteiger partial charge in [0.25, 0.3) is 0 Å². The van der Waals surface area contributed by atoms with Gasteiger partial charge in [0.05, 0.1) is 12.7 Å². The monoisotopic (exact) mass is 200 g/mol. The fraction of sp³-hybridized carbons (Fsp3) is 0.250. The number of thiophene rings is 1. The van der Waals surface area contributed by atoms with Crippen molar-refractivity contribution in [3.63, 3.8) is 0 Å². The molecule has 0 atom stereocenters. The number of carbonyl (C=O) groups is 2. The minimum atomic E-state index is -1.02. The molecular weight excluding hydrogens is 192 g/mol. The van der Waals surface area contributed by atoms with Gasteiger partial charge >= 0.3 is 11.9 Å². The highest BCUT2D eigenvalue weighted by molar-refractivity contribution is 7.12. The Kier molecular flexibility index (Phi) is 2.67. The highest BCUT2D eigenvalue weighted by Gasteiger charge is 2.18. The SMILES string of the molecule is COC(=O)c1csc(C(=O)O)c1C. The van der Waals surface area contributed by atoms with Gasteiger partial charge in [-0.15, -0.1) is 11.3 Å². The van der Waals surface area contributed by atoms with E-state index in [1.807, 2.05) is 0 Å². The maximum absolute atomic E-state index is 11.1. The summed E-state index contributed by atoms with van der Waals surface area (Å²) in [6.45, 7) is 1.59. The Morgan fingerprint density at radius 2 is 2.15 bits per heavy atom. The van der Waals surface area contributed by atoms with Crippen LogP contribution in [0.2, 0.25) is 0 Å². The van der Waals surface area contributed by atoms with Crippen LogP contribution in [-0.4, -0.2) is 24.2 Å². The Hall–Kier alpha value is -1.36. The molecule has 5 heteroatoms. The van der Waals surface area contributed by atoms with Crippen LogP contribution in [0, 0.1) is 6.92 Å². The number of ether oxygens (including phenoxy) is 1. The van der Waals surface area contributed by atoms with E-state index < -0.39 is 11.9 Å². The summed E-state index contributed by atoms with van der Waals surface area (Å²) in [5.74, 6) is -1.51. The van der Waals surface area contributed by atoms with E-state index in [4.69, 9.17) is 5.11 Å². The van der Waals surface area contributed by atoms with Crippen molar-refractivity contribution in [1.29, 1.82) is 0 Å². The second-order valence-corrected chi connectivity index (χ2v) is 3.28. The van der Waals surface area contributed by atoms with Crippen molar-refractivity contribution >= 4 is 23.3 Å². The summed E-state index contributed by atoms with van der Waals surface area (Å²) in [5.41, 5.74) is 0.786. The topological polar surface area (TPSA) is 63.6 Å². The van der Waals surface area contributed by atoms with Gasteiger partial charge in [-0.25, -0.2) is 9.59 Å². The molecule has 0 unspecified atom stereocenters. The zero-order chi connectivity index (χ0) is 10.0. The molecule has 70 valence electrons. The molecule has 0 saturated heterocycles. The summed E-state index contributed by atoms with van der Waals surface area (Å²) in [6.07, 6.45) is 0. The number of aromatic carboxylic acids is 1. The van der Waals surface area contributed by atoms with Crippen molar-refractivity contribution in [2.45, 2.75) is 6.92 Å². The summed E-state index contributed by atoms with van der Waals surface area (Å²) >= 11 is 1.03. The van der Waals surface area contributed by atoms with Crippen LogP contribution >= 0.6 is 11.3 Å². The molecule has 0 aliphatic heterocycles. The average Bonchev–Trinajstić information content (AvgIpc) is 2.46. The van der Waals surface area contributed by atoms with E-state index in [0.29, 0.717) is 11.1 Å². The van der Waals surface area contributed by atoms with Gasteiger partial charge in [-0.2, -0.15) is 0 Å². The Balaban J connectivity index is 3.13. The molecule has 0 aliphatic carbocycles. The highest BCUT2D eigenvalue weighted by Crippen LogP contribution is 2.22. The lowest BCUT2D eigenvalue weighted by molar-refractivity contribution is 0.0600. The largest absolute Gasteiger partial charge is 0.477 e. The van der Waals surface area contributed by atoms with Gasteiger partial charge in [0.2, 0.25) is 0 Å². The van der Waals surface area contributed by atoms with E-state index in [9.17, 15) is 9.59 Å². The van der Waals surface area contributed by atoms with Crippen LogP contribution in [-0.2, 0) is 4.74 Å². The van der Waals surface area contributed by atoms with Gasteiger partial charge in [-0.3, -0.25) is 0 Å². The van der Waals surface area contributed by atoms with Gasteiger partial charge < -0.3 is 9.84 Å². The quantitative estimate of drug-likeness (QED) is 0.735. The van der Waals surface area contributed by atoms with Crippen LogP contribution in [0.25, 0.3) is 0 Å². The molecule has 0 aliphatic rings. The van der Waals surface area contributed by atoms with E-state index in [-0.39, 0.29) is 4.88 Å². The number of carboxylic acid groups (broad SMARTS) is 1. The summed E-state index contributed by atoms with van der Waals surface area (Å²) in [5, 5.41) is 10.2. The van der Waals surface area contributed by atoms with E-state index in [0.717, 1.165) is 11.3 Å². The molecule has 0 bridgehead atoms. The second-order valence-electron chi connectivity index (χ2n) is 2.40. The Bertz CT molecular complexity index is 353. The Morgan fingerprint density at radius 3 is 2.54 bits per heavy atom. The van der Waals surface area contributed by atoms with Crippen molar-refractivity contribution in [3.8, 4) is 0 Å². The lowest BCUT2D eigenvalue weighted by Gasteiger charge is -1.96. The number of hydrogen-bond acceptors (Lipinski definition) is 4. The molecular formula is C8H8O4S. The maximum atomic E-state index is 11.1. The molecule has 1 rings (SSSR count). The molecule has 0 fully saturated rings. The van der Waals surface area contributed by atoms with E-state index in [1.54, 1.807) is 6.92 Å². The minimum absolute atomic E-state index is 0.181. The van der Waals surface area contributed by atoms with Crippen LogP contribution < -0.4 is 0 Å².